The van der Waals surface area contributed by atoms with Crippen LogP contribution in [0.15, 0.2) is 21.9 Å². The van der Waals surface area contributed by atoms with E-state index in [1.807, 2.05) is 55.4 Å². The van der Waals surface area contributed by atoms with E-state index in [1.165, 1.54) is 0 Å². The molecule has 0 aromatic carbocycles. The van der Waals surface area contributed by atoms with Crippen molar-refractivity contribution in [2.24, 2.45) is 0 Å². The van der Waals surface area contributed by atoms with Crippen LogP contribution in [0.25, 0.3) is 0 Å². The van der Waals surface area contributed by atoms with Crippen molar-refractivity contribution in [1.82, 2.24) is 9.24 Å². The molecule has 0 radical (unpaired) electrons. The molecule has 0 saturated carbocycles. The Kier molecular flexibility index (Phi) is 9.75. The maximum absolute atomic E-state index is 13.5. The number of aromatic nitrogens is 2. The first-order valence-corrected chi connectivity index (χ1v) is 18.6. The molecule has 4 atom stereocenters. The van der Waals surface area contributed by atoms with Gasteiger partial charge in [0.2, 0.25) is 0 Å². The molecular formula is C22H36F3N3O11SSi2. The Labute approximate surface area is 242 Å². The summed E-state index contributed by atoms with van der Waals surface area (Å²) in [6.45, 7) is 14.6. The minimum atomic E-state index is -6.30. The lowest BCUT2D eigenvalue weighted by Gasteiger charge is -2.51. The van der Waals surface area contributed by atoms with Crippen LogP contribution in [0.3, 0.4) is 0 Å². The van der Waals surface area contributed by atoms with Crippen LogP contribution in [-0.4, -0.2) is 70.2 Å². The number of alkyl halides is 3. The largest absolute Gasteiger partial charge is 0.523 e. The summed E-state index contributed by atoms with van der Waals surface area (Å²) in [6, 6.07) is 0.612. The van der Waals surface area contributed by atoms with Crippen molar-refractivity contribution < 1.29 is 48.5 Å². The quantitative estimate of drug-likeness (QED) is 0.132. The number of hydrogen-bond acceptors (Lipinski definition) is 11. The third-order valence-electron chi connectivity index (χ3n) is 7.56. The topological polar surface area (TPSA) is 167 Å². The summed E-state index contributed by atoms with van der Waals surface area (Å²) in [7, 11) is -13.0. The van der Waals surface area contributed by atoms with E-state index in [4.69, 9.17) is 17.7 Å². The first-order chi connectivity index (χ1) is 19.1. The molecule has 2 aliphatic heterocycles. The lowest BCUT2D eigenvalue weighted by atomic mass is 10.1. The second kappa shape index (κ2) is 11.9. The predicted molar refractivity (Wildman–Crippen MR) is 145 cm³/mol. The fraction of sp³-hybridized carbons (Fsp3) is 0.818. The van der Waals surface area contributed by atoms with Gasteiger partial charge in [0, 0.05) is 16.9 Å². The van der Waals surface area contributed by atoms with Gasteiger partial charge in [0.05, 0.1) is 6.61 Å². The first-order valence-electron chi connectivity index (χ1n) is 13.3. The predicted octanol–water partition coefficient (Wildman–Crippen LogP) is 3.14. The molecule has 240 valence electrons. The number of fused-ring (bicyclic) bond motifs is 1. The molecule has 0 aliphatic carbocycles. The average molecular weight is 664 g/mol. The molecular weight excluding hydrogens is 627 g/mol. The molecule has 3 heterocycles. The van der Waals surface area contributed by atoms with E-state index in [0.29, 0.717) is 10.6 Å². The van der Waals surface area contributed by atoms with Crippen molar-refractivity contribution >= 4 is 27.2 Å². The van der Waals surface area contributed by atoms with Crippen LogP contribution in [0.5, 0.6) is 0 Å². The van der Waals surface area contributed by atoms with Gasteiger partial charge in [-0.15, -0.1) is 0 Å². The molecule has 1 aromatic heterocycles. The van der Waals surface area contributed by atoms with Gasteiger partial charge in [-0.25, -0.2) is 14.9 Å². The highest BCUT2D eigenvalue weighted by Crippen LogP contribution is 2.49. The molecule has 3 rings (SSSR count). The molecule has 1 aromatic rings. The molecule has 2 fully saturated rings. The number of halogens is 3. The maximum Gasteiger partial charge on any atom is 0.523 e. The van der Waals surface area contributed by atoms with Gasteiger partial charge >= 0.3 is 44.0 Å². The van der Waals surface area contributed by atoms with Crippen LogP contribution >= 0.6 is 0 Å². The minimum absolute atomic E-state index is 0.122. The van der Waals surface area contributed by atoms with Crippen molar-refractivity contribution in [3.8, 4) is 0 Å². The zero-order chi connectivity index (χ0) is 32.2. The second-order valence-electron chi connectivity index (χ2n) is 11.5. The van der Waals surface area contributed by atoms with Crippen molar-refractivity contribution in [2.75, 3.05) is 6.61 Å². The molecule has 14 nitrogen and oxygen atoms in total. The molecule has 0 N–H and O–H groups in total. The summed E-state index contributed by atoms with van der Waals surface area (Å²) in [4.78, 5) is 36.4. The second-order valence-corrected chi connectivity index (χ2v) is 21.9. The molecule has 0 amide bonds. The van der Waals surface area contributed by atoms with E-state index in [-0.39, 0.29) is 28.8 Å². The zero-order valence-electron chi connectivity index (χ0n) is 24.4. The summed E-state index contributed by atoms with van der Waals surface area (Å²) < 4.78 is 95.9. The van der Waals surface area contributed by atoms with E-state index in [9.17, 15) is 41.3 Å². The van der Waals surface area contributed by atoms with Crippen molar-refractivity contribution in [1.29, 1.82) is 0 Å². The van der Waals surface area contributed by atoms with E-state index in [2.05, 4.69) is 4.18 Å². The van der Waals surface area contributed by atoms with E-state index in [1.54, 1.807) is 0 Å². The van der Waals surface area contributed by atoms with Gasteiger partial charge < -0.3 is 17.7 Å². The Morgan fingerprint density at radius 3 is 2.00 bits per heavy atom. The molecule has 20 heteroatoms. The summed E-state index contributed by atoms with van der Waals surface area (Å²) in [5, 5.41) is 10.1. The molecule has 2 saturated heterocycles. The lowest BCUT2D eigenvalue weighted by molar-refractivity contribution is -0.549. The number of ether oxygens (including phenoxy) is 1. The lowest BCUT2D eigenvalue weighted by Crippen LogP contribution is -2.66. The van der Waals surface area contributed by atoms with Gasteiger partial charge in [-0.1, -0.05) is 55.4 Å². The fourth-order valence-corrected chi connectivity index (χ4v) is 17.3. The normalized spacial score (nSPS) is 26.5. The van der Waals surface area contributed by atoms with E-state index < -0.39 is 78.2 Å². The van der Waals surface area contributed by atoms with Gasteiger partial charge in [0.15, 0.2) is 17.4 Å². The molecule has 0 unspecified atom stereocenters. The van der Waals surface area contributed by atoms with E-state index in [0.717, 1.165) is 6.20 Å². The number of nitro groups is 1. The van der Waals surface area contributed by atoms with Crippen LogP contribution in [-0.2, 0) is 32.0 Å². The van der Waals surface area contributed by atoms with Crippen LogP contribution in [0.4, 0.5) is 13.2 Å². The first kappa shape index (κ1) is 34.5. The van der Waals surface area contributed by atoms with Crippen molar-refractivity contribution in [2.45, 2.75) is 108 Å². The van der Waals surface area contributed by atoms with Crippen LogP contribution in [0, 0.1) is 10.1 Å². The van der Waals surface area contributed by atoms with Crippen LogP contribution < -0.4 is 11.2 Å². The Balaban J connectivity index is 2.30. The fourth-order valence-electron chi connectivity index (χ4n) is 5.48. The number of rotatable bonds is 8. The van der Waals surface area contributed by atoms with Gasteiger partial charge in [-0.2, -0.15) is 21.6 Å². The van der Waals surface area contributed by atoms with Gasteiger partial charge in [-0.05, 0) is 22.2 Å². The smallest absolute Gasteiger partial charge is 0.414 e. The molecule has 0 bridgehead atoms. The SMILES string of the molecule is CC(C)[Si]1(C(C)C)OC[C@H]2O[C@@H](n3ccc(=O)n([N+](=O)[O-])c3=O)[C@H](OS(=O)(=O)C(F)(F)F)[C@@H]2O[Si](C(C)C)(C(C)C)O1. The summed E-state index contributed by atoms with van der Waals surface area (Å²) in [5.74, 6) is 0. The third kappa shape index (κ3) is 5.91. The standard InChI is InChI=1S/C22H36F3N3O11SSi2/c1-12(2)41(13(3)4)35-11-16-18(38-42(39-41,14(5)6)15(7)8)19(37-40(33,34)22(23,24)25)20(36-16)26-10-9-17(29)27(21(26)30)28(31)32/h9-10,12-16,18-20H,11H2,1-8H3/t16-,18-,19-,20-/m1/s1. The third-order valence-corrected chi connectivity index (χ3v) is 18.9. The van der Waals surface area contributed by atoms with Gasteiger partial charge in [0.25, 0.3) is 0 Å². The molecule has 2 aliphatic rings. The Bertz CT molecular complexity index is 1380. The zero-order valence-corrected chi connectivity index (χ0v) is 27.2. The summed E-state index contributed by atoms with van der Waals surface area (Å²) in [5.41, 5.74) is -9.71. The Morgan fingerprint density at radius 1 is 1.02 bits per heavy atom. The maximum atomic E-state index is 13.5. The Morgan fingerprint density at radius 2 is 1.55 bits per heavy atom. The van der Waals surface area contributed by atoms with Crippen molar-refractivity contribution in [3.05, 3.63) is 43.2 Å². The van der Waals surface area contributed by atoms with Gasteiger partial charge in [0.1, 0.15) is 12.2 Å². The molecule has 42 heavy (non-hydrogen) atoms. The average Bonchev–Trinajstić information content (AvgIpc) is 3.12. The van der Waals surface area contributed by atoms with Gasteiger partial charge in [-0.3, -0.25) is 13.5 Å². The molecule has 0 spiro atoms. The minimum Gasteiger partial charge on any atom is -0.414 e. The Hall–Kier alpha value is -1.95. The van der Waals surface area contributed by atoms with Crippen LogP contribution in [0.1, 0.15) is 61.6 Å². The monoisotopic (exact) mass is 663 g/mol. The summed E-state index contributed by atoms with van der Waals surface area (Å²) >= 11 is 0. The number of nitrogens with zero attached hydrogens (tertiary/aromatic N) is 3. The highest BCUT2D eigenvalue weighted by atomic mass is 32.2. The van der Waals surface area contributed by atoms with Crippen molar-refractivity contribution in [3.63, 3.8) is 0 Å². The number of hydrogen-bond donors (Lipinski definition) is 0. The highest BCUT2D eigenvalue weighted by molar-refractivity contribution is 7.87. The summed E-state index contributed by atoms with van der Waals surface area (Å²) in [6.07, 6.45) is -6.31. The van der Waals surface area contributed by atoms with E-state index >= 15 is 0 Å². The highest BCUT2D eigenvalue weighted by Gasteiger charge is 2.63. The van der Waals surface area contributed by atoms with Crippen LogP contribution in [0.2, 0.25) is 22.2 Å².